The topological polar surface area (TPSA) is 57.4 Å². The summed E-state index contributed by atoms with van der Waals surface area (Å²) in [5.41, 5.74) is 7.01. The van der Waals surface area contributed by atoms with Gasteiger partial charge in [0.05, 0.1) is 0 Å². The van der Waals surface area contributed by atoms with Crippen molar-refractivity contribution in [2.45, 2.75) is 19.8 Å². The van der Waals surface area contributed by atoms with Crippen LogP contribution in [0.2, 0.25) is 0 Å². The lowest BCUT2D eigenvalue weighted by atomic mass is 10.2. The summed E-state index contributed by atoms with van der Waals surface area (Å²) in [7, 11) is 0. The summed E-state index contributed by atoms with van der Waals surface area (Å²) in [6, 6.07) is 8.76. The van der Waals surface area contributed by atoms with E-state index in [1.54, 1.807) is 25.1 Å². The highest BCUT2D eigenvalue weighted by molar-refractivity contribution is 5.42. The van der Waals surface area contributed by atoms with Crippen LogP contribution >= 0.6 is 0 Å². The maximum atomic E-state index is 12.3. The molecule has 0 fully saturated rings. The fraction of sp³-hybridized carbons (Fsp3) is 0.214. The zero-order chi connectivity index (χ0) is 15.5. The van der Waals surface area contributed by atoms with Crippen LogP contribution in [0.15, 0.2) is 36.4 Å². The molecule has 0 atom stereocenters. The van der Waals surface area contributed by atoms with Gasteiger partial charge in [-0.15, -0.1) is 13.2 Å². The Balaban J connectivity index is 2.25. The van der Waals surface area contributed by atoms with Gasteiger partial charge in [0.25, 0.3) is 0 Å². The first kappa shape index (κ1) is 15.1. The first-order valence-corrected chi connectivity index (χ1v) is 6.08. The highest BCUT2D eigenvalue weighted by Crippen LogP contribution is 2.34. The van der Waals surface area contributed by atoms with E-state index in [9.17, 15) is 13.2 Å². The zero-order valence-corrected chi connectivity index (χ0v) is 11.1. The van der Waals surface area contributed by atoms with E-state index in [-0.39, 0.29) is 11.6 Å². The summed E-state index contributed by atoms with van der Waals surface area (Å²) in [6.45, 7) is 2.07. The summed E-state index contributed by atoms with van der Waals surface area (Å²) >= 11 is 0. The molecule has 2 aromatic rings. The molecule has 1 aromatic heterocycles. The molecule has 0 aliphatic heterocycles. The lowest BCUT2D eigenvalue weighted by Crippen LogP contribution is -2.17. The van der Waals surface area contributed by atoms with Crippen molar-refractivity contribution in [3.8, 4) is 17.4 Å². The van der Waals surface area contributed by atoms with Crippen molar-refractivity contribution in [3.63, 3.8) is 0 Å². The van der Waals surface area contributed by atoms with Crippen molar-refractivity contribution in [2.75, 3.05) is 0 Å². The van der Waals surface area contributed by atoms with Crippen LogP contribution in [0.3, 0.4) is 0 Å². The molecule has 112 valence electrons. The molecular weight excluding hydrogens is 285 g/mol. The van der Waals surface area contributed by atoms with Gasteiger partial charge in [-0.05, 0) is 24.6 Å². The fourth-order valence-electron chi connectivity index (χ4n) is 1.70. The number of aromatic nitrogens is 1. The predicted octanol–water partition coefficient (Wildman–Crippen LogP) is 3.54. The number of rotatable bonds is 4. The molecule has 1 aromatic carbocycles. The van der Waals surface area contributed by atoms with Gasteiger partial charge >= 0.3 is 6.36 Å². The van der Waals surface area contributed by atoms with E-state index in [4.69, 9.17) is 10.5 Å². The fourth-order valence-corrected chi connectivity index (χ4v) is 1.70. The van der Waals surface area contributed by atoms with Crippen molar-refractivity contribution in [1.82, 2.24) is 4.98 Å². The molecule has 1 heterocycles. The second-order valence-electron chi connectivity index (χ2n) is 4.19. The van der Waals surface area contributed by atoms with E-state index < -0.39 is 12.1 Å². The Morgan fingerprint density at radius 1 is 1.10 bits per heavy atom. The highest BCUT2D eigenvalue weighted by atomic mass is 19.4. The van der Waals surface area contributed by atoms with Crippen molar-refractivity contribution in [2.24, 2.45) is 5.73 Å². The summed E-state index contributed by atoms with van der Waals surface area (Å²) < 4.78 is 46.2. The van der Waals surface area contributed by atoms with Gasteiger partial charge in [-0.3, -0.25) is 0 Å². The summed E-state index contributed by atoms with van der Waals surface area (Å²) in [4.78, 5) is 4.14. The molecular formula is C14H13F3N2O2. The Labute approximate surface area is 119 Å². The number of aryl methyl sites for hydroxylation is 1. The Hall–Kier alpha value is -2.28. The van der Waals surface area contributed by atoms with E-state index in [1.165, 1.54) is 18.2 Å². The molecule has 0 saturated heterocycles. The van der Waals surface area contributed by atoms with Crippen LogP contribution in [0.5, 0.6) is 17.4 Å². The van der Waals surface area contributed by atoms with Gasteiger partial charge in [-0.2, -0.15) is 0 Å². The molecule has 0 spiro atoms. The number of para-hydroxylation sites is 2. The highest BCUT2D eigenvalue weighted by Gasteiger charge is 2.32. The lowest BCUT2D eigenvalue weighted by molar-refractivity contribution is -0.275. The second kappa shape index (κ2) is 6.01. The SMILES string of the molecule is Cc1nc(Oc2ccccc2OC(F)(F)F)ccc1CN. The first-order valence-electron chi connectivity index (χ1n) is 6.08. The summed E-state index contributed by atoms with van der Waals surface area (Å²) in [5.74, 6) is -0.322. The minimum Gasteiger partial charge on any atom is -0.435 e. The molecule has 0 amide bonds. The first-order chi connectivity index (χ1) is 9.89. The van der Waals surface area contributed by atoms with Crippen LogP contribution in [0, 0.1) is 6.92 Å². The average Bonchev–Trinajstić information content (AvgIpc) is 2.40. The molecule has 0 aliphatic carbocycles. The average molecular weight is 298 g/mol. The van der Waals surface area contributed by atoms with Crippen molar-refractivity contribution in [1.29, 1.82) is 0 Å². The van der Waals surface area contributed by atoms with Crippen molar-refractivity contribution >= 4 is 0 Å². The molecule has 0 unspecified atom stereocenters. The van der Waals surface area contributed by atoms with Gasteiger partial charge in [-0.1, -0.05) is 18.2 Å². The van der Waals surface area contributed by atoms with Crippen LogP contribution in [-0.4, -0.2) is 11.3 Å². The van der Waals surface area contributed by atoms with E-state index in [1.807, 2.05) is 0 Å². The Bertz CT molecular complexity index is 630. The van der Waals surface area contributed by atoms with E-state index in [0.29, 0.717) is 12.2 Å². The number of nitrogens with two attached hydrogens (primary N) is 1. The second-order valence-corrected chi connectivity index (χ2v) is 4.19. The minimum absolute atomic E-state index is 0.0674. The number of alkyl halides is 3. The third kappa shape index (κ3) is 4.09. The summed E-state index contributed by atoms with van der Waals surface area (Å²) in [5, 5.41) is 0. The van der Waals surface area contributed by atoms with Crippen LogP contribution < -0.4 is 15.2 Å². The summed E-state index contributed by atoms with van der Waals surface area (Å²) in [6.07, 6.45) is -4.79. The van der Waals surface area contributed by atoms with E-state index in [0.717, 1.165) is 5.56 Å². The number of benzene rings is 1. The molecule has 4 nitrogen and oxygen atoms in total. The van der Waals surface area contributed by atoms with Crippen LogP contribution in [0.25, 0.3) is 0 Å². The predicted molar refractivity (Wildman–Crippen MR) is 70.1 cm³/mol. The normalized spacial score (nSPS) is 11.3. The monoisotopic (exact) mass is 298 g/mol. The van der Waals surface area contributed by atoms with Gasteiger partial charge in [0.1, 0.15) is 0 Å². The Kier molecular flexibility index (Phi) is 4.32. The minimum atomic E-state index is -4.79. The van der Waals surface area contributed by atoms with Gasteiger partial charge in [0.15, 0.2) is 11.5 Å². The molecule has 7 heteroatoms. The standard InChI is InChI=1S/C14H13F3N2O2/c1-9-10(8-18)6-7-13(19-9)20-11-4-2-3-5-12(11)21-14(15,16)17/h2-7H,8,18H2,1H3. The third-order valence-corrected chi connectivity index (χ3v) is 2.68. The largest absolute Gasteiger partial charge is 0.573 e. The van der Waals surface area contributed by atoms with E-state index in [2.05, 4.69) is 9.72 Å². The van der Waals surface area contributed by atoms with Crippen LogP contribution in [0.1, 0.15) is 11.3 Å². The van der Waals surface area contributed by atoms with Crippen LogP contribution in [0.4, 0.5) is 13.2 Å². The maximum absolute atomic E-state index is 12.3. The van der Waals surface area contributed by atoms with Gasteiger partial charge in [0, 0.05) is 18.3 Å². The van der Waals surface area contributed by atoms with Gasteiger partial charge < -0.3 is 15.2 Å². The smallest absolute Gasteiger partial charge is 0.435 e. The lowest BCUT2D eigenvalue weighted by Gasteiger charge is -2.13. The number of nitrogens with zero attached hydrogens (tertiary/aromatic N) is 1. The number of ether oxygens (including phenoxy) is 2. The molecule has 2 rings (SSSR count). The Morgan fingerprint density at radius 3 is 2.33 bits per heavy atom. The molecule has 21 heavy (non-hydrogen) atoms. The number of hydrogen-bond donors (Lipinski definition) is 1. The molecule has 0 saturated carbocycles. The molecule has 0 aliphatic rings. The van der Waals surface area contributed by atoms with Gasteiger partial charge in [-0.25, -0.2) is 4.98 Å². The molecule has 2 N–H and O–H groups in total. The molecule has 0 bridgehead atoms. The number of pyridine rings is 1. The third-order valence-electron chi connectivity index (χ3n) is 2.68. The van der Waals surface area contributed by atoms with Crippen LogP contribution in [-0.2, 0) is 6.54 Å². The van der Waals surface area contributed by atoms with Crippen molar-refractivity contribution < 1.29 is 22.6 Å². The molecule has 0 radical (unpaired) electrons. The van der Waals surface area contributed by atoms with E-state index >= 15 is 0 Å². The Morgan fingerprint density at radius 2 is 1.76 bits per heavy atom. The number of hydrogen-bond acceptors (Lipinski definition) is 4. The quantitative estimate of drug-likeness (QED) is 0.938. The number of halogens is 3. The maximum Gasteiger partial charge on any atom is 0.573 e. The van der Waals surface area contributed by atoms with Gasteiger partial charge in [0.2, 0.25) is 5.88 Å². The van der Waals surface area contributed by atoms with Crippen molar-refractivity contribution in [3.05, 3.63) is 47.7 Å². The zero-order valence-electron chi connectivity index (χ0n) is 11.1.